The lowest BCUT2D eigenvalue weighted by molar-refractivity contribution is -0.141. The molecular weight excluding hydrogens is 250 g/mol. The van der Waals surface area contributed by atoms with Gasteiger partial charge in [-0.25, -0.2) is 14.6 Å². The molecule has 0 aromatic heterocycles. The number of hydrogen-bond donors (Lipinski definition) is 4. The van der Waals surface area contributed by atoms with E-state index in [0.29, 0.717) is 0 Å². The van der Waals surface area contributed by atoms with Crippen molar-refractivity contribution < 1.29 is 19.8 Å². The van der Waals surface area contributed by atoms with E-state index < -0.39 is 24.1 Å². The van der Waals surface area contributed by atoms with Crippen molar-refractivity contribution in [3.63, 3.8) is 0 Å². The zero-order valence-corrected chi connectivity index (χ0v) is 11.6. The number of rotatable bonds is 4. The largest absolute Gasteiger partial charge is 0.480 e. The van der Waals surface area contributed by atoms with Crippen LogP contribution in [0.3, 0.4) is 0 Å². The Morgan fingerprint density at radius 1 is 1.26 bits per heavy atom. The number of urea groups is 1. The van der Waals surface area contributed by atoms with Gasteiger partial charge in [0, 0.05) is 12.1 Å². The van der Waals surface area contributed by atoms with Crippen LogP contribution in [0.1, 0.15) is 40.0 Å². The first kappa shape index (κ1) is 15.7. The molecule has 1 saturated heterocycles. The first-order valence-corrected chi connectivity index (χ1v) is 6.59. The van der Waals surface area contributed by atoms with E-state index in [1.165, 1.54) is 6.92 Å². The van der Waals surface area contributed by atoms with Crippen LogP contribution >= 0.6 is 0 Å². The van der Waals surface area contributed by atoms with Crippen LogP contribution in [-0.4, -0.2) is 51.5 Å². The summed E-state index contributed by atoms with van der Waals surface area (Å²) in [6, 6.07) is -1.49. The van der Waals surface area contributed by atoms with Crippen molar-refractivity contribution in [2.45, 2.75) is 64.3 Å². The number of nitrogens with zero attached hydrogens (tertiary/aromatic N) is 1. The van der Waals surface area contributed by atoms with Crippen LogP contribution in [0.15, 0.2) is 0 Å². The van der Waals surface area contributed by atoms with E-state index in [2.05, 4.69) is 10.7 Å². The van der Waals surface area contributed by atoms with Crippen molar-refractivity contribution in [2.24, 2.45) is 0 Å². The molecule has 1 fully saturated rings. The van der Waals surface area contributed by atoms with E-state index in [1.807, 2.05) is 18.9 Å². The molecule has 7 heteroatoms. The van der Waals surface area contributed by atoms with E-state index in [9.17, 15) is 14.7 Å². The van der Waals surface area contributed by atoms with Gasteiger partial charge in [0.2, 0.25) is 0 Å². The molecule has 4 N–H and O–H groups in total. The Bertz CT molecular complexity index is 325. The van der Waals surface area contributed by atoms with Gasteiger partial charge >= 0.3 is 12.0 Å². The summed E-state index contributed by atoms with van der Waals surface area (Å²) in [5.41, 5.74) is 2.67. The summed E-state index contributed by atoms with van der Waals surface area (Å²) in [4.78, 5) is 22.7. The van der Waals surface area contributed by atoms with Crippen molar-refractivity contribution in [3.8, 4) is 0 Å². The molecule has 0 bridgehead atoms. The van der Waals surface area contributed by atoms with Crippen LogP contribution in [-0.2, 0) is 4.79 Å². The number of carbonyl (C=O) groups excluding carboxylic acids is 1. The normalized spacial score (nSPS) is 27.4. The summed E-state index contributed by atoms with van der Waals surface area (Å²) in [6.45, 7) is 5.35. The highest BCUT2D eigenvalue weighted by Crippen LogP contribution is 2.19. The molecule has 2 amide bonds. The average molecular weight is 273 g/mol. The molecule has 4 atom stereocenters. The number of hydrazine groups is 1. The first-order valence-electron chi connectivity index (χ1n) is 6.59. The van der Waals surface area contributed by atoms with Crippen LogP contribution in [0.25, 0.3) is 0 Å². The van der Waals surface area contributed by atoms with Crippen LogP contribution in [0, 0.1) is 0 Å². The van der Waals surface area contributed by atoms with Crippen molar-refractivity contribution in [3.05, 3.63) is 0 Å². The Morgan fingerprint density at radius 3 is 2.21 bits per heavy atom. The minimum Gasteiger partial charge on any atom is -0.480 e. The third-order valence-corrected chi connectivity index (χ3v) is 3.46. The van der Waals surface area contributed by atoms with Crippen molar-refractivity contribution in [1.29, 1.82) is 0 Å². The molecule has 0 radical (unpaired) electrons. The second kappa shape index (κ2) is 6.72. The fraction of sp³-hybridized carbons (Fsp3) is 0.833. The molecule has 7 nitrogen and oxygen atoms in total. The number of piperidine rings is 1. The standard InChI is InChI=1S/C12H23N3O4/c1-7-5-4-6-8(2)15(7)14-12(19)13-10(9(3)16)11(17)18/h7-10,16H,4-6H2,1-3H3,(H,17,18)(H2,13,14,19)/t7?,8?,9-,10+/m1/s1. The maximum atomic E-state index is 11.8. The molecule has 0 aliphatic carbocycles. The summed E-state index contributed by atoms with van der Waals surface area (Å²) < 4.78 is 0. The third-order valence-electron chi connectivity index (χ3n) is 3.46. The number of nitrogens with one attached hydrogen (secondary N) is 2. The summed E-state index contributed by atoms with van der Waals surface area (Å²) in [6.07, 6.45) is 1.94. The SMILES string of the molecule is CC1CCCC(C)N1NC(=O)N[C@H](C(=O)O)[C@@H](C)O. The predicted molar refractivity (Wildman–Crippen MR) is 69.4 cm³/mol. The molecule has 19 heavy (non-hydrogen) atoms. The van der Waals surface area contributed by atoms with Gasteiger partial charge in [0.15, 0.2) is 6.04 Å². The zero-order chi connectivity index (χ0) is 14.6. The lowest BCUT2D eigenvalue weighted by atomic mass is 10.00. The van der Waals surface area contributed by atoms with Gasteiger partial charge in [0.1, 0.15) is 0 Å². The Kier molecular flexibility index (Phi) is 5.56. The molecular formula is C12H23N3O4. The molecule has 1 rings (SSSR count). The van der Waals surface area contributed by atoms with Crippen LogP contribution in [0.2, 0.25) is 0 Å². The number of carboxylic acids is 1. The predicted octanol–water partition coefficient (Wildman–Crippen LogP) is 0.298. The molecule has 2 unspecified atom stereocenters. The highest BCUT2D eigenvalue weighted by molar-refractivity contribution is 5.82. The number of carbonyl (C=O) groups is 2. The Hall–Kier alpha value is -1.34. The zero-order valence-electron chi connectivity index (χ0n) is 11.6. The second-order valence-corrected chi connectivity index (χ2v) is 5.18. The minimum absolute atomic E-state index is 0.212. The molecule has 0 aromatic rings. The highest BCUT2D eigenvalue weighted by Gasteiger charge is 2.29. The molecule has 1 aliphatic rings. The van der Waals surface area contributed by atoms with Crippen molar-refractivity contribution in [1.82, 2.24) is 15.8 Å². The maximum absolute atomic E-state index is 11.8. The topological polar surface area (TPSA) is 102 Å². The van der Waals surface area contributed by atoms with Crippen LogP contribution in [0.5, 0.6) is 0 Å². The van der Waals surface area contributed by atoms with Gasteiger partial charge in [0.25, 0.3) is 0 Å². The second-order valence-electron chi connectivity index (χ2n) is 5.18. The van der Waals surface area contributed by atoms with Gasteiger partial charge in [0.05, 0.1) is 6.10 Å². The number of amides is 2. The molecule has 110 valence electrons. The Labute approximate surface area is 112 Å². The van der Waals surface area contributed by atoms with Crippen molar-refractivity contribution >= 4 is 12.0 Å². The lowest BCUT2D eigenvalue weighted by Crippen LogP contribution is -2.59. The van der Waals surface area contributed by atoms with Crippen LogP contribution in [0.4, 0.5) is 4.79 Å². The van der Waals surface area contributed by atoms with Gasteiger partial charge in [-0.2, -0.15) is 0 Å². The number of aliphatic carboxylic acids is 1. The summed E-state index contributed by atoms with van der Waals surface area (Å²) in [7, 11) is 0. The fourth-order valence-corrected chi connectivity index (χ4v) is 2.32. The number of hydrogen-bond acceptors (Lipinski definition) is 4. The molecule has 0 spiro atoms. The van der Waals surface area contributed by atoms with Gasteiger partial charge in [-0.05, 0) is 33.6 Å². The van der Waals surface area contributed by atoms with Gasteiger partial charge in [-0.15, -0.1) is 0 Å². The van der Waals surface area contributed by atoms with Crippen molar-refractivity contribution in [2.75, 3.05) is 0 Å². The molecule has 0 aromatic carbocycles. The third kappa shape index (κ3) is 4.36. The number of aliphatic hydroxyl groups is 1. The van der Waals surface area contributed by atoms with E-state index in [1.54, 1.807) is 0 Å². The van der Waals surface area contributed by atoms with Gasteiger partial charge in [-0.1, -0.05) is 6.42 Å². The van der Waals surface area contributed by atoms with Gasteiger partial charge < -0.3 is 15.5 Å². The maximum Gasteiger partial charge on any atom is 0.330 e. The smallest absolute Gasteiger partial charge is 0.330 e. The van der Waals surface area contributed by atoms with E-state index in [0.717, 1.165) is 19.3 Å². The van der Waals surface area contributed by atoms with E-state index in [-0.39, 0.29) is 12.1 Å². The monoisotopic (exact) mass is 273 g/mol. The molecule has 1 aliphatic heterocycles. The van der Waals surface area contributed by atoms with Crippen LogP contribution < -0.4 is 10.7 Å². The molecule has 0 saturated carbocycles. The average Bonchev–Trinajstić information content (AvgIpc) is 2.30. The molecule has 1 heterocycles. The van der Waals surface area contributed by atoms with E-state index >= 15 is 0 Å². The summed E-state index contributed by atoms with van der Waals surface area (Å²) in [5.74, 6) is -1.26. The number of carboxylic acid groups (broad SMARTS) is 1. The Balaban J connectivity index is 2.56. The van der Waals surface area contributed by atoms with E-state index in [4.69, 9.17) is 5.11 Å². The minimum atomic E-state index is -1.31. The Morgan fingerprint density at radius 2 is 1.79 bits per heavy atom. The first-order chi connectivity index (χ1) is 8.82. The summed E-state index contributed by atoms with van der Waals surface area (Å²) in [5, 5.41) is 22.3. The lowest BCUT2D eigenvalue weighted by Gasteiger charge is -2.38. The van der Waals surface area contributed by atoms with Gasteiger partial charge in [-0.3, -0.25) is 5.43 Å². The fourth-order valence-electron chi connectivity index (χ4n) is 2.32. The quantitative estimate of drug-likeness (QED) is 0.590. The number of aliphatic hydroxyl groups excluding tert-OH is 1. The highest BCUT2D eigenvalue weighted by atomic mass is 16.4. The summed E-state index contributed by atoms with van der Waals surface area (Å²) >= 11 is 0.